The first kappa shape index (κ1) is 26.5. The second kappa shape index (κ2) is 11.2. The second-order valence-corrected chi connectivity index (χ2v) is 12.4. The number of aryl methyl sites for hydroxylation is 1. The Morgan fingerprint density at radius 3 is 2.44 bits per heavy atom. The molecule has 4 rings (SSSR count). The number of thiazole rings is 1. The van der Waals surface area contributed by atoms with Crippen molar-refractivity contribution < 1.29 is 17.9 Å². The molecule has 36 heavy (non-hydrogen) atoms. The van der Waals surface area contributed by atoms with Crippen molar-refractivity contribution in [2.24, 2.45) is 5.92 Å². The van der Waals surface area contributed by atoms with Crippen LogP contribution < -0.4 is 9.64 Å². The van der Waals surface area contributed by atoms with Crippen molar-refractivity contribution in [3.63, 3.8) is 0 Å². The lowest BCUT2D eigenvalue weighted by Crippen LogP contribution is -2.45. The molecule has 2 heterocycles. The molecule has 2 aromatic carbocycles. The molecule has 1 aromatic heterocycles. The lowest BCUT2D eigenvalue weighted by Gasteiger charge is -2.33. The number of fused-ring (bicyclic) bond motifs is 1. The van der Waals surface area contributed by atoms with Crippen LogP contribution in [0.15, 0.2) is 47.4 Å². The highest BCUT2D eigenvalue weighted by atomic mass is 32.2. The van der Waals surface area contributed by atoms with E-state index in [2.05, 4.69) is 4.90 Å². The third-order valence-electron chi connectivity index (χ3n) is 6.53. The lowest BCUT2D eigenvalue weighted by atomic mass is 9.96. The Morgan fingerprint density at radius 1 is 1.11 bits per heavy atom. The summed E-state index contributed by atoms with van der Waals surface area (Å²) < 4.78 is 34.0. The molecule has 1 fully saturated rings. The molecule has 10 heteroatoms. The summed E-state index contributed by atoms with van der Waals surface area (Å²) in [6.45, 7) is 4.01. The minimum Gasteiger partial charge on any atom is -0.497 e. The number of ether oxygens (including phenoxy) is 1. The number of nitrogens with zero attached hydrogens (tertiary/aromatic N) is 4. The molecule has 0 spiro atoms. The third-order valence-corrected chi connectivity index (χ3v) is 9.48. The van der Waals surface area contributed by atoms with Gasteiger partial charge in [-0.1, -0.05) is 29.0 Å². The topological polar surface area (TPSA) is 83.1 Å². The van der Waals surface area contributed by atoms with Crippen LogP contribution in [0.25, 0.3) is 10.2 Å². The van der Waals surface area contributed by atoms with E-state index in [9.17, 15) is 13.2 Å². The van der Waals surface area contributed by atoms with Gasteiger partial charge in [0.05, 0.1) is 22.2 Å². The zero-order valence-electron chi connectivity index (χ0n) is 21.3. The maximum Gasteiger partial charge on any atom is 0.243 e. The molecule has 0 aliphatic carbocycles. The van der Waals surface area contributed by atoms with Crippen molar-refractivity contribution >= 4 is 42.6 Å². The number of hydrogen-bond donors (Lipinski definition) is 0. The van der Waals surface area contributed by atoms with Crippen molar-refractivity contribution in [1.29, 1.82) is 0 Å². The molecule has 1 saturated heterocycles. The van der Waals surface area contributed by atoms with Crippen LogP contribution in [-0.2, 0) is 14.8 Å². The van der Waals surface area contributed by atoms with Crippen LogP contribution in [0.2, 0.25) is 0 Å². The number of carbonyl (C=O) groups is 1. The first-order chi connectivity index (χ1) is 17.2. The minimum atomic E-state index is -3.57. The summed E-state index contributed by atoms with van der Waals surface area (Å²) in [5, 5.41) is 0.678. The Bertz CT molecular complexity index is 1300. The first-order valence-electron chi connectivity index (χ1n) is 12.2. The van der Waals surface area contributed by atoms with Gasteiger partial charge in [-0.05, 0) is 77.2 Å². The average molecular weight is 531 g/mol. The van der Waals surface area contributed by atoms with Crippen LogP contribution in [0.4, 0.5) is 5.13 Å². The van der Waals surface area contributed by atoms with Crippen molar-refractivity contribution in [3.05, 3.63) is 48.0 Å². The maximum absolute atomic E-state index is 13.7. The minimum absolute atomic E-state index is 0.0205. The van der Waals surface area contributed by atoms with Crippen molar-refractivity contribution in [3.8, 4) is 5.75 Å². The number of aromatic nitrogens is 1. The van der Waals surface area contributed by atoms with Gasteiger partial charge in [-0.3, -0.25) is 9.69 Å². The number of amides is 1. The van der Waals surface area contributed by atoms with E-state index in [1.807, 2.05) is 51.4 Å². The fraction of sp³-hybridized carbons (Fsp3) is 0.462. The largest absolute Gasteiger partial charge is 0.497 e. The van der Waals surface area contributed by atoms with Crippen LogP contribution in [0.1, 0.15) is 24.8 Å². The Labute approximate surface area is 217 Å². The molecule has 0 bridgehead atoms. The molecule has 194 valence electrons. The van der Waals surface area contributed by atoms with Gasteiger partial charge < -0.3 is 9.64 Å². The zero-order valence-corrected chi connectivity index (χ0v) is 22.9. The normalized spacial score (nSPS) is 15.5. The van der Waals surface area contributed by atoms with E-state index >= 15 is 0 Å². The first-order valence-corrected chi connectivity index (χ1v) is 14.4. The van der Waals surface area contributed by atoms with Crippen molar-refractivity contribution in [2.45, 2.75) is 31.1 Å². The molecule has 0 atom stereocenters. The van der Waals surface area contributed by atoms with Gasteiger partial charge in [-0.2, -0.15) is 4.31 Å². The smallest absolute Gasteiger partial charge is 0.243 e. The third kappa shape index (κ3) is 5.88. The van der Waals surface area contributed by atoms with Crippen LogP contribution in [0.5, 0.6) is 5.75 Å². The summed E-state index contributed by atoms with van der Waals surface area (Å²) in [6, 6.07) is 12.6. The molecule has 0 saturated carbocycles. The summed E-state index contributed by atoms with van der Waals surface area (Å²) in [4.78, 5) is 22.7. The highest BCUT2D eigenvalue weighted by Gasteiger charge is 2.35. The molecule has 1 amide bonds. The SMILES string of the molecule is COc1ccc2nc(N(CCCN(C)C)C(=O)C3CCN(S(=O)(=O)c4ccc(C)cc4)CC3)sc2c1. The van der Waals surface area contributed by atoms with Crippen molar-refractivity contribution in [1.82, 2.24) is 14.2 Å². The maximum atomic E-state index is 13.7. The molecule has 0 N–H and O–H groups in total. The van der Waals surface area contributed by atoms with Gasteiger partial charge >= 0.3 is 0 Å². The molecule has 0 radical (unpaired) electrons. The van der Waals surface area contributed by atoms with E-state index in [4.69, 9.17) is 9.72 Å². The van der Waals surface area contributed by atoms with E-state index in [0.717, 1.165) is 34.5 Å². The standard InChI is InChI=1S/C26H34N4O4S2/c1-19-6-9-22(10-7-19)36(32,33)29-16-12-20(13-17-29)25(31)30(15-5-14-28(2)3)26-27-23-11-8-21(34-4)18-24(23)35-26/h6-11,18,20H,5,12-17H2,1-4H3. The predicted octanol–water partition coefficient (Wildman–Crippen LogP) is 4.00. The van der Waals surface area contributed by atoms with Gasteiger partial charge in [-0.25, -0.2) is 13.4 Å². The van der Waals surface area contributed by atoms with Gasteiger partial charge in [0.2, 0.25) is 15.9 Å². The number of carbonyl (C=O) groups excluding carboxylic acids is 1. The number of rotatable bonds is 9. The van der Waals surface area contributed by atoms with Gasteiger partial charge in [0.25, 0.3) is 0 Å². The second-order valence-electron chi connectivity index (χ2n) is 9.47. The fourth-order valence-corrected chi connectivity index (χ4v) is 6.90. The summed E-state index contributed by atoms with van der Waals surface area (Å²) in [5.41, 5.74) is 1.85. The Morgan fingerprint density at radius 2 is 1.81 bits per heavy atom. The van der Waals surface area contributed by atoms with E-state index in [1.165, 1.54) is 15.6 Å². The van der Waals surface area contributed by atoms with E-state index < -0.39 is 10.0 Å². The number of sulfonamides is 1. The quantitative estimate of drug-likeness (QED) is 0.416. The number of piperidine rings is 1. The number of benzene rings is 2. The number of hydrogen-bond acceptors (Lipinski definition) is 7. The summed E-state index contributed by atoms with van der Waals surface area (Å²) in [6.07, 6.45) is 1.80. The molecule has 1 aliphatic heterocycles. The van der Waals surface area contributed by atoms with Crippen LogP contribution >= 0.6 is 11.3 Å². The highest BCUT2D eigenvalue weighted by molar-refractivity contribution is 7.89. The molecule has 0 unspecified atom stereocenters. The predicted molar refractivity (Wildman–Crippen MR) is 144 cm³/mol. The summed E-state index contributed by atoms with van der Waals surface area (Å²) >= 11 is 1.48. The Hall–Kier alpha value is -2.53. The zero-order chi connectivity index (χ0) is 25.9. The Kier molecular flexibility index (Phi) is 8.29. The van der Waals surface area contributed by atoms with E-state index in [1.54, 1.807) is 24.1 Å². The van der Waals surface area contributed by atoms with E-state index in [0.29, 0.717) is 42.5 Å². The molecule has 1 aliphatic rings. The fourth-order valence-electron chi connectivity index (χ4n) is 4.40. The summed E-state index contributed by atoms with van der Waals surface area (Å²) in [5.74, 6) is 0.535. The van der Waals surface area contributed by atoms with Gasteiger partial charge in [0.1, 0.15) is 5.75 Å². The Balaban J connectivity index is 1.50. The molecule has 8 nitrogen and oxygen atoms in total. The molecule has 3 aromatic rings. The lowest BCUT2D eigenvalue weighted by molar-refractivity contribution is -0.123. The highest BCUT2D eigenvalue weighted by Crippen LogP contribution is 2.34. The molecular weight excluding hydrogens is 496 g/mol. The van der Waals surface area contributed by atoms with Crippen LogP contribution in [-0.4, -0.2) is 75.9 Å². The number of methoxy groups -OCH3 is 1. The monoisotopic (exact) mass is 530 g/mol. The number of anilines is 1. The van der Waals surface area contributed by atoms with Crippen LogP contribution in [0.3, 0.4) is 0 Å². The summed E-state index contributed by atoms with van der Waals surface area (Å²) in [7, 11) is 2.09. The molecular formula is C26H34N4O4S2. The van der Waals surface area contributed by atoms with Gasteiger partial charge in [0, 0.05) is 25.6 Å². The van der Waals surface area contributed by atoms with Crippen molar-refractivity contribution in [2.75, 3.05) is 52.3 Å². The van der Waals surface area contributed by atoms with Crippen LogP contribution in [0, 0.1) is 12.8 Å². The van der Waals surface area contributed by atoms with Gasteiger partial charge in [-0.15, -0.1) is 0 Å². The average Bonchev–Trinajstić information content (AvgIpc) is 3.29. The van der Waals surface area contributed by atoms with E-state index in [-0.39, 0.29) is 11.8 Å². The van der Waals surface area contributed by atoms with Gasteiger partial charge in [0.15, 0.2) is 5.13 Å².